The molecule has 1 atom stereocenters. The second-order valence-electron chi connectivity index (χ2n) is 4.44. The van der Waals surface area contributed by atoms with Gasteiger partial charge in [0, 0.05) is 12.2 Å². The molecule has 0 aromatic heterocycles. The van der Waals surface area contributed by atoms with Crippen molar-refractivity contribution in [1.82, 2.24) is 0 Å². The number of rotatable bonds is 2. The Morgan fingerprint density at radius 3 is 2.82 bits per heavy atom. The number of benzene rings is 1. The Hall–Kier alpha value is -1.39. The summed E-state index contributed by atoms with van der Waals surface area (Å²) in [6.45, 7) is 5.17. The molecule has 1 unspecified atom stereocenters. The third-order valence-electron chi connectivity index (χ3n) is 3.21. The molecule has 1 fully saturated rings. The van der Waals surface area contributed by atoms with Gasteiger partial charge in [0.2, 0.25) is 0 Å². The maximum Gasteiger partial charge on any atom is 0.253 e. The fourth-order valence-corrected chi connectivity index (χ4v) is 2.03. The van der Waals surface area contributed by atoms with Gasteiger partial charge in [-0.05, 0) is 37.1 Å². The van der Waals surface area contributed by atoms with E-state index in [2.05, 4.69) is 6.92 Å². The van der Waals surface area contributed by atoms with Crippen LogP contribution in [0.4, 0.5) is 5.69 Å². The average molecular weight is 234 g/mol. The molecule has 0 radical (unpaired) electrons. The van der Waals surface area contributed by atoms with Crippen molar-refractivity contribution in [2.45, 2.75) is 19.9 Å². The van der Waals surface area contributed by atoms with Gasteiger partial charge in [-0.25, -0.2) is 0 Å². The molecule has 0 aliphatic carbocycles. The summed E-state index contributed by atoms with van der Waals surface area (Å²) < 4.78 is 5.22. The van der Waals surface area contributed by atoms with Crippen LogP contribution in [0, 0.1) is 13.8 Å². The maximum absolute atomic E-state index is 11.9. The molecule has 2 N–H and O–H groups in total. The predicted molar refractivity (Wildman–Crippen MR) is 67.1 cm³/mol. The Kier molecular flexibility index (Phi) is 3.45. The molecule has 1 aromatic rings. The summed E-state index contributed by atoms with van der Waals surface area (Å²) in [6.07, 6.45) is 0. The summed E-state index contributed by atoms with van der Waals surface area (Å²) in [7, 11) is 0. The van der Waals surface area contributed by atoms with E-state index in [1.165, 1.54) is 11.1 Å². The van der Waals surface area contributed by atoms with Crippen molar-refractivity contribution in [2.75, 3.05) is 24.7 Å². The molecule has 1 saturated heterocycles. The number of anilines is 1. The van der Waals surface area contributed by atoms with E-state index in [0.717, 1.165) is 5.69 Å². The number of morpholine rings is 1. The molecule has 0 spiro atoms. The number of amides is 1. The van der Waals surface area contributed by atoms with Gasteiger partial charge < -0.3 is 15.4 Å². The highest BCUT2D eigenvalue weighted by Gasteiger charge is 2.29. The van der Waals surface area contributed by atoms with Gasteiger partial charge in [0.05, 0.1) is 12.6 Å². The van der Waals surface area contributed by atoms with E-state index in [0.29, 0.717) is 13.2 Å². The Morgan fingerprint density at radius 2 is 2.18 bits per heavy atom. The van der Waals surface area contributed by atoms with Crippen LogP contribution in [0.3, 0.4) is 0 Å². The van der Waals surface area contributed by atoms with Crippen LogP contribution in [-0.4, -0.2) is 31.7 Å². The molecule has 1 aromatic carbocycles. The van der Waals surface area contributed by atoms with Gasteiger partial charge in [-0.3, -0.25) is 4.79 Å². The van der Waals surface area contributed by atoms with Crippen molar-refractivity contribution in [3.05, 3.63) is 29.3 Å². The summed E-state index contributed by atoms with van der Waals surface area (Å²) in [5.41, 5.74) is 9.00. The van der Waals surface area contributed by atoms with Crippen LogP contribution < -0.4 is 10.6 Å². The minimum absolute atomic E-state index is 0.0186. The van der Waals surface area contributed by atoms with Crippen molar-refractivity contribution >= 4 is 11.6 Å². The maximum atomic E-state index is 11.9. The van der Waals surface area contributed by atoms with E-state index in [1.54, 1.807) is 4.90 Å². The first-order valence-electron chi connectivity index (χ1n) is 5.80. The lowest BCUT2D eigenvalue weighted by molar-refractivity contribution is -0.127. The van der Waals surface area contributed by atoms with E-state index >= 15 is 0 Å². The zero-order valence-electron chi connectivity index (χ0n) is 10.3. The highest BCUT2D eigenvalue weighted by molar-refractivity contribution is 5.95. The van der Waals surface area contributed by atoms with Gasteiger partial charge in [-0.15, -0.1) is 0 Å². The molecule has 4 heteroatoms. The Labute approximate surface area is 101 Å². The number of aryl methyl sites for hydroxylation is 2. The van der Waals surface area contributed by atoms with Crippen LogP contribution in [0.25, 0.3) is 0 Å². The van der Waals surface area contributed by atoms with Gasteiger partial charge in [-0.1, -0.05) is 6.07 Å². The first kappa shape index (κ1) is 12.1. The van der Waals surface area contributed by atoms with Crippen molar-refractivity contribution in [3.8, 4) is 0 Å². The molecule has 0 bridgehead atoms. The number of hydrogen-bond acceptors (Lipinski definition) is 3. The van der Waals surface area contributed by atoms with Gasteiger partial charge in [0.15, 0.2) is 0 Å². The summed E-state index contributed by atoms with van der Waals surface area (Å²) in [5.74, 6) is -0.0186. The lowest BCUT2D eigenvalue weighted by atomic mass is 10.1. The van der Waals surface area contributed by atoms with E-state index in [4.69, 9.17) is 10.5 Å². The van der Waals surface area contributed by atoms with Crippen molar-refractivity contribution in [1.29, 1.82) is 0 Å². The minimum atomic E-state index is -0.0571. The van der Waals surface area contributed by atoms with Gasteiger partial charge >= 0.3 is 0 Å². The zero-order valence-corrected chi connectivity index (χ0v) is 10.3. The standard InChI is InChI=1S/C13H18N2O2/c1-9-3-4-11(5-10(9)2)15-12(6-14)7-17-8-13(15)16/h3-5,12H,6-8,14H2,1-2H3. The monoisotopic (exact) mass is 234 g/mol. The van der Waals surface area contributed by atoms with Crippen LogP contribution in [0.5, 0.6) is 0 Å². The molecule has 1 aliphatic heterocycles. The highest BCUT2D eigenvalue weighted by atomic mass is 16.5. The fraction of sp³-hybridized carbons (Fsp3) is 0.462. The number of carbonyl (C=O) groups is 1. The van der Waals surface area contributed by atoms with Crippen LogP contribution in [0.15, 0.2) is 18.2 Å². The molecule has 17 heavy (non-hydrogen) atoms. The smallest absolute Gasteiger partial charge is 0.253 e. The highest BCUT2D eigenvalue weighted by Crippen LogP contribution is 2.23. The second kappa shape index (κ2) is 4.85. The average Bonchev–Trinajstić information content (AvgIpc) is 2.32. The quantitative estimate of drug-likeness (QED) is 0.830. The predicted octanol–water partition coefficient (Wildman–Crippen LogP) is 0.994. The van der Waals surface area contributed by atoms with Crippen molar-refractivity contribution in [2.24, 2.45) is 5.73 Å². The molecule has 1 heterocycles. The molecule has 0 saturated carbocycles. The Morgan fingerprint density at radius 1 is 1.41 bits per heavy atom. The lowest BCUT2D eigenvalue weighted by Crippen LogP contribution is -2.53. The molecule has 4 nitrogen and oxygen atoms in total. The number of nitrogens with zero attached hydrogens (tertiary/aromatic N) is 1. The van der Waals surface area contributed by atoms with Gasteiger partial charge in [-0.2, -0.15) is 0 Å². The van der Waals surface area contributed by atoms with Crippen LogP contribution in [-0.2, 0) is 9.53 Å². The summed E-state index contributed by atoms with van der Waals surface area (Å²) in [4.78, 5) is 13.7. The summed E-state index contributed by atoms with van der Waals surface area (Å²) in [5, 5.41) is 0. The third-order valence-corrected chi connectivity index (χ3v) is 3.21. The second-order valence-corrected chi connectivity index (χ2v) is 4.44. The molecule has 1 aliphatic rings. The van der Waals surface area contributed by atoms with Crippen LogP contribution in [0.2, 0.25) is 0 Å². The molecule has 92 valence electrons. The number of nitrogens with two attached hydrogens (primary N) is 1. The van der Waals surface area contributed by atoms with E-state index in [-0.39, 0.29) is 18.6 Å². The number of ether oxygens (including phenoxy) is 1. The largest absolute Gasteiger partial charge is 0.369 e. The minimum Gasteiger partial charge on any atom is -0.369 e. The zero-order chi connectivity index (χ0) is 12.4. The van der Waals surface area contributed by atoms with E-state index in [9.17, 15) is 4.79 Å². The third kappa shape index (κ3) is 2.33. The Balaban J connectivity index is 2.34. The molecular formula is C13H18N2O2. The van der Waals surface area contributed by atoms with Crippen molar-refractivity contribution < 1.29 is 9.53 Å². The Bertz CT molecular complexity index is 431. The van der Waals surface area contributed by atoms with Crippen LogP contribution in [0.1, 0.15) is 11.1 Å². The fourth-order valence-electron chi connectivity index (χ4n) is 2.03. The normalized spacial score (nSPS) is 20.8. The number of carbonyl (C=O) groups excluding carboxylic acids is 1. The van der Waals surface area contributed by atoms with E-state index < -0.39 is 0 Å². The summed E-state index contributed by atoms with van der Waals surface area (Å²) >= 11 is 0. The summed E-state index contributed by atoms with van der Waals surface area (Å²) in [6, 6.07) is 5.97. The SMILES string of the molecule is Cc1ccc(N2C(=O)COCC2CN)cc1C. The molecular weight excluding hydrogens is 216 g/mol. The number of hydrogen-bond donors (Lipinski definition) is 1. The first-order chi connectivity index (χ1) is 8.13. The lowest BCUT2D eigenvalue weighted by Gasteiger charge is -2.35. The molecule has 2 rings (SSSR count). The van der Waals surface area contributed by atoms with E-state index in [1.807, 2.05) is 25.1 Å². The van der Waals surface area contributed by atoms with Gasteiger partial charge in [0.25, 0.3) is 5.91 Å². The topological polar surface area (TPSA) is 55.6 Å². The molecule has 1 amide bonds. The van der Waals surface area contributed by atoms with Crippen LogP contribution >= 0.6 is 0 Å². The van der Waals surface area contributed by atoms with Crippen molar-refractivity contribution in [3.63, 3.8) is 0 Å². The van der Waals surface area contributed by atoms with Gasteiger partial charge in [0.1, 0.15) is 6.61 Å². The first-order valence-corrected chi connectivity index (χ1v) is 5.80.